The van der Waals surface area contributed by atoms with Gasteiger partial charge in [-0.05, 0) is 51.0 Å². The lowest BCUT2D eigenvalue weighted by Crippen LogP contribution is -2.62. The smallest absolute Gasteiger partial charge is 0.324 e. The molecule has 1 spiro atoms. The highest BCUT2D eigenvalue weighted by Crippen LogP contribution is 2.52. The van der Waals surface area contributed by atoms with Crippen LogP contribution in [0.5, 0.6) is 0 Å². The topological polar surface area (TPSA) is 43.8 Å². The van der Waals surface area contributed by atoms with E-state index in [9.17, 15) is 9.90 Å². The summed E-state index contributed by atoms with van der Waals surface area (Å²) >= 11 is 0. The van der Waals surface area contributed by atoms with Crippen molar-refractivity contribution < 1.29 is 9.90 Å². The summed E-state index contributed by atoms with van der Waals surface area (Å²) in [5, 5.41) is 9.88. The van der Waals surface area contributed by atoms with E-state index in [-0.39, 0.29) is 0 Å². The molecule has 0 aromatic heterocycles. The van der Waals surface area contributed by atoms with Crippen LogP contribution < -0.4 is 0 Å². The Bertz CT molecular complexity index is 359. The lowest BCUT2D eigenvalue weighted by molar-refractivity contribution is -0.158. The second-order valence-corrected chi connectivity index (χ2v) is 7.33. The summed E-state index contributed by atoms with van der Waals surface area (Å²) in [5.41, 5.74) is -0.0549. The summed E-state index contributed by atoms with van der Waals surface area (Å²) in [6.07, 6.45) is 9.38. The van der Waals surface area contributed by atoms with Crippen LogP contribution in [0.25, 0.3) is 0 Å². The molecule has 114 valence electrons. The van der Waals surface area contributed by atoms with E-state index in [0.717, 1.165) is 51.9 Å². The molecule has 3 aliphatic rings. The number of carboxylic acids is 1. The molecule has 0 aromatic rings. The quantitative estimate of drug-likeness (QED) is 0.842. The van der Waals surface area contributed by atoms with Crippen molar-refractivity contribution >= 4 is 5.97 Å². The van der Waals surface area contributed by atoms with Crippen LogP contribution >= 0.6 is 0 Å². The number of hydrogen-bond donors (Lipinski definition) is 1. The van der Waals surface area contributed by atoms with Gasteiger partial charge in [-0.25, -0.2) is 0 Å². The summed E-state index contributed by atoms with van der Waals surface area (Å²) in [7, 11) is 2.12. The Morgan fingerprint density at radius 1 is 0.900 bits per heavy atom. The van der Waals surface area contributed by atoms with E-state index in [4.69, 9.17) is 0 Å². The SMILES string of the molecule is CN1CCN(C2(C(=O)O)CCC3(CCCC3)CC2)CC1. The maximum Gasteiger partial charge on any atom is 0.324 e. The number of aliphatic carboxylic acids is 1. The van der Waals surface area contributed by atoms with E-state index < -0.39 is 11.5 Å². The lowest BCUT2D eigenvalue weighted by Gasteiger charge is -2.50. The molecule has 0 aromatic carbocycles. The van der Waals surface area contributed by atoms with E-state index in [1.54, 1.807) is 0 Å². The monoisotopic (exact) mass is 280 g/mol. The average Bonchev–Trinajstić information content (AvgIpc) is 2.89. The van der Waals surface area contributed by atoms with E-state index in [1.165, 1.54) is 25.7 Å². The van der Waals surface area contributed by atoms with Gasteiger partial charge in [-0.1, -0.05) is 12.8 Å². The minimum Gasteiger partial charge on any atom is -0.480 e. The first-order valence-corrected chi connectivity index (χ1v) is 8.23. The second kappa shape index (κ2) is 5.30. The molecule has 0 atom stereocenters. The van der Waals surface area contributed by atoms with Crippen molar-refractivity contribution in [3.05, 3.63) is 0 Å². The maximum atomic E-state index is 12.0. The van der Waals surface area contributed by atoms with Gasteiger partial charge in [0.2, 0.25) is 0 Å². The van der Waals surface area contributed by atoms with Gasteiger partial charge in [0.15, 0.2) is 0 Å². The summed E-state index contributed by atoms with van der Waals surface area (Å²) in [6, 6.07) is 0. The minimum absolute atomic E-state index is 0.505. The number of rotatable bonds is 2. The molecule has 4 heteroatoms. The first-order valence-electron chi connectivity index (χ1n) is 8.23. The van der Waals surface area contributed by atoms with E-state index in [0.29, 0.717) is 5.41 Å². The third-order valence-electron chi connectivity index (χ3n) is 6.31. The second-order valence-electron chi connectivity index (χ2n) is 7.33. The van der Waals surface area contributed by atoms with Gasteiger partial charge in [0, 0.05) is 26.2 Å². The lowest BCUT2D eigenvalue weighted by atomic mass is 9.65. The van der Waals surface area contributed by atoms with Gasteiger partial charge in [0.25, 0.3) is 0 Å². The van der Waals surface area contributed by atoms with Crippen LogP contribution in [-0.4, -0.2) is 59.6 Å². The number of carboxylic acid groups (broad SMARTS) is 1. The molecule has 0 radical (unpaired) electrons. The average molecular weight is 280 g/mol. The van der Waals surface area contributed by atoms with Crippen LogP contribution in [0.4, 0.5) is 0 Å². The molecule has 1 aliphatic heterocycles. The molecule has 0 unspecified atom stereocenters. The normalized spacial score (nSPS) is 30.6. The number of hydrogen-bond acceptors (Lipinski definition) is 3. The number of nitrogens with zero attached hydrogens (tertiary/aromatic N) is 2. The van der Waals surface area contributed by atoms with E-state index in [1.807, 2.05) is 0 Å². The van der Waals surface area contributed by atoms with Gasteiger partial charge in [-0.2, -0.15) is 0 Å². The zero-order valence-corrected chi connectivity index (χ0v) is 12.7. The molecule has 3 fully saturated rings. The minimum atomic E-state index is -0.574. The molecule has 3 rings (SSSR count). The van der Waals surface area contributed by atoms with Crippen LogP contribution in [0.1, 0.15) is 51.4 Å². The first kappa shape index (κ1) is 14.3. The highest BCUT2D eigenvalue weighted by Gasteiger charge is 2.51. The summed E-state index contributed by atoms with van der Waals surface area (Å²) in [5.74, 6) is -0.574. The molecule has 1 heterocycles. The van der Waals surface area contributed by atoms with Crippen LogP contribution in [0.15, 0.2) is 0 Å². The van der Waals surface area contributed by atoms with Gasteiger partial charge in [0.1, 0.15) is 5.54 Å². The highest BCUT2D eigenvalue weighted by molar-refractivity contribution is 5.79. The van der Waals surface area contributed by atoms with Gasteiger partial charge in [-0.3, -0.25) is 9.69 Å². The molecule has 0 amide bonds. The third kappa shape index (κ3) is 2.37. The van der Waals surface area contributed by atoms with Crippen molar-refractivity contribution in [2.75, 3.05) is 33.2 Å². The van der Waals surface area contributed by atoms with Crippen molar-refractivity contribution in [1.82, 2.24) is 9.80 Å². The Balaban J connectivity index is 1.72. The zero-order valence-electron chi connectivity index (χ0n) is 12.7. The number of likely N-dealkylation sites (N-methyl/N-ethyl adjacent to an activating group) is 1. The molecule has 1 saturated heterocycles. The molecule has 0 bridgehead atoms. The van der Waals surface area contributed by atoms with Crippen molar-refractivity contribution in [3.8, 4) is 0 Å². The van der Waals surface area contributed by atoms with Gasteiger partial charge < -0.3 is 10.0 Å². The fourth-order valence-corrected chi connectivity index (χ4v) is 4.72. The van der Waals surface area contributed by atoms with Gasteiger partial charge in [-0.15, -0.1) is 0 Å². The summed E-state index contributed by atoms with van der Waals surface area (Å²) < 4.78 is 0. The van der Waals surface area contributed by atoms with Crippen molar-refractivity contribution in [2.45, 2.75) is 56.9 Å². The van der Waals surface area contributed by atoms with Crippen LogP contribution in [-0.2, 0) is 4.79 Å². The Hall–Kier alpha value is -0.610. The molecule has 1 N–H and O–H groups in total. The zero-order chi connectivity index (χ0) is 14.2. The van der Waals surface area contributed by atoms with Crippen molar-refractivity contribution in [2.24, 2.45) is 5.41 Å². The van der Waals surface area contributed by atoms with Crippen LogP contribution in [0.3, 0.4) is 0 Å². The highest BCUT2D eigenvalue weighted by atomic mass is 16.4. The Morgan fingerprint density at radius 2 is 1.45 bits per heavy atom. The standard InChI is InChI=1S/C16H28N2O2/c1-17-10-12-18(13-11-17)16(14(19)20)8-6-15(7-9-16)4-2-3-5-15/h2-13H2,1H3,(H,19,20). The third-order valence-corrected chi connectivity index (χ3v) is 6.31. The van der Waals surface area contributed by atoms with E-state index >= 15 is 0 Å². The molecular formula is C16H28N2O2. The van der Waals surface area contributed by atoms with Gasteiger partial charge >= 0.3 is 5.97 Å². The van der Waals surface area contributed by atoms with Crippen LogP contribution in [0.2, 0.25) is 0 Å². The summed E-state index contributed by atoms with van der Waals surface area (Å²) in [6.45, 7) is 3.83. The number of piperazine rings is 1. The predicted octanol–water partition coefficient (Wildman–Crippen LogP) is 2.19. The summed E-state index contributed by atoms with van der Waals surface area (Å²) in [4.78, 5) is 16.6. The van der Waals surface area contributed by atoms with Crippen LogP contribution in [0, 0.1) is 5.41 Å². The van der Waals surface area contributed by atoms with Crippen molar-refractivity contribution in [3.63, 3.8) is 0 Å². The fourth-order valence-electron chi connectivity index (χ4n) is 4.72. The molecule has 4 nitrogen and oxygen atoms in total. The molecular weight excluding hydrogens is 252 g/mol. The van der Waals surface area contributed by atoms with E-state index in [2.05, 4.69) is 16.8 Å². The van der Waals surface area contributed by atoms with Gasteiger partial charge in [0.05, 0.1) is 0 Å². The van der Waals surface area contributed by atoms with Crippen molar-refractivity contribution in [1.29, 1.82) is 0 Å². The molecule has 2 saturated carbocycles. The number of carbonyl (C=O) groups is 1. The Morgan fingerprint density at radius 3 is 1.95 bits per heavy atom. The maximum absolute atomic E-state index is 12.0. The predicted molar refractivity (Wildman–Crippen MR) is 78.8 cm³/mol. The largest absolute Gasteiger partial charge is 0.480 e. The molecule has 20 heavy (non-hydrogen) atoms. The fraction of sp³-hybridized carbons (Fsp3) is 0.938. The Labute approximate surface area is 122 Å². The molecule has 2 aliphatic carbocycles. The first-order chi connectivity index (χ1) is 9.56. The Kier molecular flexibility index (Phi) is 3.80.